The van der Waals surface area contributed by atoms with Crippen molar-refractivity contribution in [2.75, 3.05) is 24.5 Å². The molecule has 0 saturated carbocycles. The first-order chi connectivity index (χ1) is 15.7. The quantitative estimate of drug-likeness (QED) is 0.233. The van der Waals surface area contributed by atoms with Gasteiger partial charge in [0.25, 0.3) is 0 Å². The van der Waals surface area contributed by atoms with Gasteiger partial charge < -0.3 is 15.5 Å². The number of guanidine groups is 1. The number of hydrogen-bond acceptors (Lipinski definition) is 3. The summed E-state index contributed by atoms with van der Waals surface area (Å²) in [5, 5.41) is 11.3. The standard InChI is InChI=1S/C26H34N6.HI/c1-3-27-26(28-19-23-10-4-5-11-24(23)20-32-17-9-14-29-32)30-21(2)22-12-8-13-25(18-22)31-15-6-7-16-31;/h4-5,8-14,17-18,21H,3,6-7,15-16,19-20H2,1-2H3,(H2,27,28,30);1H. The molecule has 1 atom stereocenters. The van der Waals surface area contributed by atoms with E-state index in [2.05, 4.69) is 83.0 Å². The summed E-state index contributed by atoms with van der Waals surface area (Å²) in [4.78, 5) is 7.37. The third-order valence-electron chi connectivity index (χ3n) is 5.96. The fraction of sp³-hybridized carbons (Fsp3) is 0.385. The first-order valence-corrected chi connectivity index (χ1v) is 11.7. The Balaban J connectivity index is 0.00000306. The Hall–Kier alpha value is -2.55. The van der Waals surface area contributed by atoms with Gasteiger partial charge in [0.2, 0.25) is 0 Å². The van der Waals surface area contributed by atoms with E-state index in [0.29, 0.717) is 6.54 Å². The van der Waals surface area contributed by atoms with E-state index in [0.717, 1.165) is 32.1 Å². The average molecular weight is 559 g/mol. The topological polar surface area (TPSA) is 57.5 Å². The molecule has 176 valence electrons. The van der Waals surface area contributed by atoms with Gasteiger partial charge in [-0.3, -0.25) is 4.68 Å². The number of halogens is 1. The highest BCUT2D eigenvalue weighted by Crippen LogP contribution is 2.24. The molecule has 0 bridgehead atoms. The van der Waals surface area contributed by atoms with Gasteiger partial charge in [-0.25, -0.2) is 4.99 Å². The lowest BCUT2D eigenvalue weighted by molar-refractivity contribution is 0.676. The lowest BCUT2D eigenvalue weighted by Crippen LogP contribution is -2.38. The molecule has 1 aliphatic rings. The van der Waals surface area contributed by atoms with E-state index >= 15 is 0 Å². The van der Waals surface area contributed by atoms with Crippen LogP contribution in [0.1, 0.15) is 49.4 Å². The molecule has 1 aliphatic heterocycles. The second-order valence-corrected chi connectivity index (χ2v) is 8.32. The summed E-state index contributed by atoms with van der Waals surface area (Å²) >= 11 is 0. The van der Waals surface area contributed by atoms with Gasteiger partial charge in [0.05, 0.1) is 19.1 Å². The molecule has 1 aromatic heterocycles. The van der Waals surface area contributed by atoms with Crippen molar-refractivity contribution < 1.29 is 0 Å². The van der Waals surface area contributed by atoms with E-state index in [-0.39, 0.29) is 30.0 Å². The number of nitrogens with zero attached hydrogens (tertiary/aromatic N) is 4. The Morgan fingerprint density at radius 1 is 1.06 bits per heavy atom. The zero-order valence-corrected chi connectivity index (χ0v) is 21.9. The third kappa shape index (κ3) is 6.96. The molecular weight excluding hydrogens is 523 g/mol. The lowest BCUT2D eigenvalue weighted by Gasteiger charge is -2.22. The van der Waals surface area contributed by atoms with Crippen molar-refractivity contribution in [1.29, 1.82) is 0 Å². The zero-order chi connectivity index (χ0) is 22.2. The monoisotopic (exact) mass is 558 g/mol. The molecule has 1 saturated heterocycles. The molecule has 0 spiro atoms. The van der Waals surface area contributed by atoms with Gasteiger partial charge in [0, 0.05) is 37.7 Å². The van der Waals surface area contributed by atoms with Crippen LogP contribution in [-0.2, 0) is 13.1 Å². The first-order valence-electron chi connectivity index (χ1n) is 11.7. The molecule has 1 fully saturated rings. The maximum atomic E-state index is 4.89. The number of anilines is 1. The molecule has 7 heteroatoms. The van der Waals surface area contributed by atoms with E-state index in [1.807, 2.05) is 23.1 Å². The first kappa shape index (κ1) is 25.1. The minimum atomic E-state index is 0. The molecule has 3 aromatic rings. The number of benzene rings is 2. The number of nitrogens with one attached hydrogen (secondary N) is 2. The summed E-state index contributed by atoms with van der Waals surface area (Å²) in [6, 6.07) is 19.5. The van der Waals surface area contributed by atoms with Gasteiger partial charge in [0.15, 0.2) is 5.96 Å². The van der Waals surface area contributed by atoms with Crippen molar-refractivity contribution in [3.63, 3.8) is 0 Å². The van der Waals surface area contributed by atoms with Crippen LogP contribution >= 0.6 is 24.0 Å². The summed E-state index contributed by atoms with van der Waals surface area (Å²) in [5.74, 6) is 0.834. The maximum absolute atomic E-state index is 4.89. The summed E-state index contributed by atoms with van der Waals surface area (Å²) < 4.78 is 1.95. The van der Waals surface area contributed by atoms with Crippen LogP contribution in [0.5, 0.6) is 0 Å². The van der Waals surface area contributed by atoms with E-state index < -0.39 is 0 Å². The van der Waals surface area contributed by atoms with Crippen LogP contribution in [0, 0.1) is 0 Å². The van der Waals surface area contributed by atoms with E-state index in [1.165, 1.54) is 35.2 Å². The molecule has 1 unspecified atom stereocenters. The molecule has 0 amide bonds. The Labute approximate surface area is 214 Å². The molecular formula is C26H35IN6. The number of hydrogen-bond donors (Lipinski definition) is 2. The van der Waals surface area contributed by atoms with Gasteiger partial charge in [-0.15, -0.1) is 24.0 Å². The Morgan fingerprint density at radius 3 is 2.58 bits per heavy atom. The molecule has 33 heavy (non-hydrogen) atoms. The summed E-state index contributed by atoms with van der Waals surface area (Å²) in [5.41, 5.74) is 5.05. The van der Waals surface area contributed by atoms with Crippen molar-refractivity contribution in [3.05, 3.63) is 83.7 Å². The fourth-order valence-corrected chi connectivity index (χ4v) is 4.17. The molecule has 2 heterocycles. The highest BCUT2D eigenvalue weighted by molar-refractivity contribution is 14.0. The predicted molar refractivity (Wildman–Crippen MR) is 147 cm³/mol. The highest BCUT2D eigenvalue weighted by atomic mass is 127. The molecule has 0 radical (unpaired) electrons. The average Bonchev–Trinajstić information content (AvgIpc) is 3.53. The minimum absolute atomic E-state index is 0. The number of rotatable bonds is 8. The molecule has 6 nitrogen and oxygen atoms in total. The lowest BCUT2D eigenvalue weighted by atomic mass is 10.1. The Morgan fingerprint density at radius 2 is 1.85 bits per heavy atom. The molecule has 0 aliphatic carbocycles. The van der Waals surface area contributed by atoms with Crippen molar-refractivity contribution >= 4 is 35.6 Å². The van der Waals surface area contributed by atoms with Crippen LogP contribution in [0.3, 0.4) is 0 Å². The van der Waals surface area contributed by atoms with E-state index in [9.17, 15) is 0 Å². The van der Waals surface area contributed by atoms with Crippen molar-refractivity contribution in [3.8, 4) is 0 Å². The minimum Gasteiger partial charge on any atom is -0.372 e. The fourth-order valence-electron chi connectivity index (χ4n) is 4.17. The van der Waals surface area contributed by atoms with Crippen LogP contribution in [0.2, 0.25) is 0 Å². The SMILES string of the molecule is CCNC(=NCc1ccccc1Cn1cccn1)NC(C)c1cccc(N2CCCC2)c1.I. The van der Waals surface area contributed by atoms with Crippen molar-refractivity contribution in [2.45, 2.75) is 45.8 Å². The zero-order valence-electron chi connectivity index (χ0n) is 19.6. The highest BCUT2D eigenvalue weighted by Gasteiger charge is 2.14. The summed E-state index contributed by atoms with van der Waals surface area (Å²) in [6.07, 6.45) is 6.38. The van der Waals surface area contributed by atoms with Gasteiger partial charge >= 0.3 is 0 Å². The molecule has 4 rings (SSSR count). The van der Waals surface area contributed by atoms with Crippen LogP contribution < -0.4 is 15.5 Å². The molecule has 2 N–H and O–H groups in total. The van der Waals surface area contributed by atoms with Gasteiger partial charge in [-0.2, -0.15) is 5.10 Å². The van der Waals surface area contributed by atoms with E-state index in [1.54, 1.807) is 0 Å². The maximum Gasteiger partial charge on any atom is 0.192 e. The van der Waals surface area contributed by atoms with Crippen molar-refractivity contribution in [1.82, 2.24) is 20.4 Å². The second-order valence-electron chi connectivity index (χ2n) is 8.32. The van der Waals surface area contributed by atoms with Crippen LogP contribution in [0.15, 0.2) is 72.0 Å². The Kier molecular flexibility index (Phi) is 9.60. The van der Waals surface area contributed by atoms with E-state index in [4.69, 9.17) is 4.99 Å². The van der Waals surface area contributed by atoms with Crippen LogP contribution in [-0.4, -0.2) is 35.4 Å². The van der Waals surface area contributed by atoms with Gasteiger partial charge in [0.1, 0.15) is 0 Å². The predicted octanol–water partition coefficient (Wildman–Crippen LogP) is 4.97. The largest absolute Gasteiger partial charge is 0.372 e. The summed E-state index contributed by atoms with van der Waals surface area (Å²) in [6.45, 7) is 8.81. The third-order valence-corrected chi connectivity index (χ3v) is 5.96. The van der Waals surface area contributed by atoms with Gasteiger partial charge in [-0.1, -0.05) is 36.4 Å². The number of aromatic nitrogens is 2. The van der Waals surface area contributed by atoms with Crippen LogP contribution in [0.25, 0.3) is 0 Å². The Bertz CT molecular complexity index is 1010. The normalized spacial score (nSPS) is 14.6. The van der Waals surface area contributed by atoms with Gasteiger partial charge in [-0.05, 0) is 61.6 Å². The summed E-state index contributed by atoms with van der Waals surface area (Å²) in [7, 11) is 0. The smallest absolute Gasteiger partial charge is 0.192 e. The second kappa shape index (κ2) is 12.6. The van der Waals surface area contributed by atoms with Crippen molar-refractivity contribution in [2.24, 2.45) is 4.99 Å². The van der Waals surface area contributed by atoms with Crippen LogP contribution in [0.4, 0.5) is 5.69 Å². The number of aliphatic imine (C=N–C) groups is 1. The molecule has 2 aromatic carbocycles.